The molecule has 102 valence electrons. The molecule has 0 atom stereocenters. The van der Waals surface area contributed by atoms with Gasteiger partial charge in [-0.2, -0.15) is 0 Å². The van der Waals surface area contributed by atoms with Gasteiger partial charge in [0.1, 0.15) is 0 Å². The number of nitrogens with one attached hydrogen (secondary N) is 2. The second-order valence-electron chi connectivity index (χ2n) is 5.18. The van der Waals surface area contributed by atoms with Gasteiger partial charge in [0.25, 0.3) is 0 Å². The number of aryl methyl sites for hydroxylation is 1. The molecule has 0 spiro atoms. The Morgan fingerprint density at radius 3 is 2.84 bits per heavy atom. The monoisotopic (exact) mass is 260 g/mol. The summed E-state index contributed by atoms with van der Waals surface area (Å²) in [6.45, 7) is 6.59. The molecule has 0 bridgehead atoms. The molecule has 4 nitrogen and oxygen atoms in total. The van der Waals surface area contributed by atoms with Gasteiger partial charge in [-0.3, -0.25) is 9.63 Å². The van der Waals surface area contributed by atoms with E-state index >= 15 is 0 Å². The lowest BCUT2D eigenvalue weighted by Crippen LogP contribution is -2.27. The van der Waals surface area contributed by atoms with Crippen molar-refractivity contribution in [3.05, 3.63) is 35.5 Å². The molecule has 0 aliphatic carbocycles. The van der Waals surface area contributed by atoms with Crippen LogP contribution in [0.1, 0.15) is 25.1 Å². The van der Waals surface area contributed by atoms with Crippen molar-refractivity contribution < 1.29 is 9.63 Å². The van der Waals surface area contributed by atoms with Crippen LogP contribution < -0.4 is 5.48 Å². The molecule has 1 amide bonds. The first-order valence-corrected chi connectivity index (χ1v) is 6.54. The number of para-hydroxylation sites is 1. The van der Waals surface area contributed by atoms with Gasteiger partial charge in [0.05, 0.1) is 13.0 Å². The fourth-order valence-corrected chi connectivity index (χ4v) is 2.05. The first-order valence-electron chi connectivity index (χ1n) is 6.54. The predicted molar refractivity (Wildman–Crippen MR) is 75.7 cm³/mol. The van der Waals surface area contributed by atoms with Gasteiger partial charge in [0.15, 0.2) is 0 Å². The molecule has 1 aromatic carbocycles. The van der Waals surface area contributed by atoms with Gasteiger partial charge in [-0.25, -0.2) is 5.48 Å². The van der Waals surface area contributed by atoms with E-state index < -0.39 is 0 Å². The number of amides is 1. The average molecular weight is 260 g/mol. The van der Waals surface area contributed by atoms with Crippen molar-refractivity contribution in [1.29, 1.82) is 0 Å². The van der Waals surface area contributed by atoms with Crippen molar-refractivity contribution in [2.24, 2.45) is 5.92 Å². The first-order chi connectivity index (χ1) is 9.08. The summed E-state index contributed by atoms with van der Waals surface area (Å²) >= 11 is 0. The van der Waals surface area contributed by atoms with Crippen molar-refractivity contribution in [3.63, 3.8) is 0 Å². The molecule has 0 aliphatic heterocycles. The number of hydrogen-bond donors (Lipinski definition) is 2. The smallest absolute Gasteiger partial charge is 0.248 e. The minimum atomic E-state index is -0.117. The molecular weight excluding hydrogens is 240 g/mol. The molecule has 0 aliphatic rings. The summed E-state index contributed by atoms with van der Waals surface area (Å²) in [7, 11) is 0. The van der Waals surface area contributed by atoms with Crippen LogP contribution in [-0.4, -0.2) is 17.5 Å². The van der Waals surface area contributed by atoms with Gasteiger partial charge in [0, 0.05) is 16.6 Å². The maximum Gasteiger partial charge on any atom is 0.248 e. The summed E-state index contributed by atoms with van der Waals surface area (Å²) in [4.78, 5) is 20.3. The van der Waals surface area contributed by atoms with E-state index in [1.807, 2.05) is 45.0 Å². The molecule has 1 heterocycles. The Morgan fingerprint density at radius 2 is 2.11 bits per heavy atom. The number of rotatable bonds is 5. The number of hydrogen-bond acceptors (Lipinski definition) is 2. The first kappa shape index (κ1) is 13.6. The summed E-state index contributed by atoms with van der Waals surface area (Å²) in [6, 6.07) is 8.00. The van der Waals surface area contributed by atoms with Gasteiger partial charge in [-0.15, -0.1) is 0 Å². The number of aromatic amines is 1. The van der Waals surface area contributed by atoms with Gasteiger partial charge >= 0.3 is 0 Å². The number of carbonyl (C=O) groups excluding carboxylic acids is 1. The topological polar surface area (TPSA) is 54.1 Å². The third-order valence-corrected chi connectivity index (χ3v) is 2.97. The molecular formula is C15H20N2O2. The van der Waals surface area contributed by atoms with Crippen molar-refractivity contribution in [2.45, 2.75) is 27.2 Å². The Bertz CT molecular complexity index is 573. The van der Waals surface area contributed by atoms with Gasteiger partial charge in [-0.1, -0.05) is 32.0 Å². The van der Waals surface area contributed by atoms with E-state index in [0.29, 0.717) is 18.9 Å². The van der Waals surface area contributed by atoms with E-state index in [-0.39, 0.29) is 5.91 Å². The fraction of sp³-hybridized carbons (Fsp3) is 0.400. The Balaban J connectivity index is 2.04. The highest BCUT2D eigenvalue weighted by Crippen LogP contribution is 2.22. The maximum absolute atomic E-state index is 11.8. The summed E-state index contributed by atoms with van der Waals surface area (Å²) in [5.74, 6) is 0.281. The van der Waals surface area contributed by atoms with Crippen LogP contribution in [0.2, 0.25) is 0 Å². The molecule has 0 unspecified atom stereocenters. The lowest BCUT2D eigenvalue weighted by molar-refractivity contribution is -0.133. The zero-order valence-electron chi connectivity index (χ0n) is 11.6. The standard InChI is InChI=1S/C15H20N2O2/c1-10(2)9-19-17-15(18)8-13-11(3)16-14-7-5-4-6-12(13)14/h4-7,10,16H,8-9H2,1-3H3,(H,17,18). The number of benzene rings is 1. The third-order valence-electron chi connectivity index (χ3n) is 2.97. The van der Waals surface area contributed by atoms with Crippen LogP contribution in [0, 0.1) is 12.8 Å². The zero-order valence-corrected chi connectivity index (χ0v) is 11.6. The van der Waals surface area contributed by atoms with Crippen molar-refractivity contribution >= 4 is 16.8 Å². The highest BCUT2D eigenvalue weighted by molar-refractivity contribution is 5.89. The van der Waals surface area contributed by atoms with Gasteiger partial charge < -0.3 is 4.98 Å². The summed E-state index contributed by atoms with van der Waals surface area (Å²) in [5.41, 5.74) is 5.61. The van der Waals surface area contributed by atoms with Crippen LogP contribution in [0.4, 0.5) is 0 Å². The highest BCUT2D eigenvalue weighted by atomic mass is 16.6. The summed E-state index contributed by atoms with van der Waals surface area (Å²) in [6.07, 6.45) is 0.327. The molecule has 4 heteroatoms. The van der Waals surface area contributed by atoms with E-state index in [9.17, 15) is 4.79 Å². The number of hydroxylamine groups is 1. The number of H-pyrrole nitrogens is 1. The van der Waals surface area contributed by atoms with E-state index in [0.717, 1.165) is 22.2 Å². The Kier molecular flexibility index (Phi) is 4.22. The number of aromatic nitrogens is 1. The molecule has 2 aromatic rings. The highest BCUT2D eigenvalue weighted by Gasteiger charge is 2.12. The van der Waals surface area contributed by atoms with Crippen molar-refractivity contribution in [3.8, 4) is 0 Å². The predicted octanol–water partition coefficient (Wildman–Crippen LogP) is 2.72. The SMILES string of the molecule is Cc1[nH]c2ccccc2c1CC(=O)NOCC(C)C. The molecule has 2 N–H and O–H groups in total. The molecule has 0 radical (unpaired) electrons. The largest absolute Gasteiger partial charge is 0.358 e. The van der Waals surface area contributed by atoms with E-state index in [4.69, 9.17) is 4.84 Å². The minimum absolute atomic E-state index is 0.117. The fourth-order valence-electron chi connectivity index (χ4n) is 2.05. The molecule has 1 aromatic heterocycles. The quantitative estimate of drug-likeness (QED) is 0.812. The Labute approximate surface area is 113 Å². The molecule has 0 saturated heterocycles. The van der Waals surface area contributed by atoms with E-state index in [2.05, 4.69) is 10.5 Å². The van der Waals surface area contributed by atoms with Crippen LogP contribution in [0.25, 0.3) is 10.9 Å². The molecule has 0 fully saturated rings. The van der Waals surface area contributed by atoms with Gasteiger partial charge in [-0.05, 0) is 24.5 Å². The summed E-state index contributed by atoms with van der Waals surface area (Å²) in [5, 5.41) is 1.10. The second kappa shape index (κ2) is 5.89. The van der Waals surface area contributed by atoms with Crippen molar-refractivity contribution in [1.82, 2.24) is 10.5 Å². The van der Waals surface area contributed by atoms with E-state index in [1.165, 1.54) is 0 Å². The number of carbonyl (C=O) groups is 1. The third kappa shape index (κ3) is 3.35. The normalized spacial score (nSPS) is 11.2. The van der Waals surface area contributed by atoms with Crippen LogP contribution in [0.3, 0.4) is 0 Å². The zero-order chi connectivity index (χ0) is 13.8. The van der Waals surface area contributed by atoms with Gasteiger partial charge in [0.2, 0.25) is 5.91 Å². The minimum Gasteiger partial charge on any atom is -0.358 e. The molecule has 2 rings (SSSR count). The van der Waals surface area contributed by atoms with Crippen LogP contribution >= 0.6 is 0 Å². The van der Waals surface area contributed by atoms with Crippen molar-refractivity contribution in [2.75, 3.05) is 6.61 Å². The van der Waals surface area contributed by atoms with E-state index in [1.54, 1.807) is 0 Å². The lowest BCUT2D eigenvalue weighted by Gasteiger charge is -2.08. The van der Waals surface area contributed by atoms with Crippen LogP contribution in [0.15, 0.2) is 24.3 Å². The van der Waals surface area contributed by atoms with Crippen LogP contribution in [0.5, 0.6) is 0 Å². The molecule has 0 saturated carbocycles. The molecule has 19 heavy (non-hydrogen) atoms. The lowest BCUT2D eigenvalue weighted by atomic mass is 10.1. The Morgan fingerprint density at radius 1 is 1.37 bits per heavy atom. The maximum atomic E-state index is 11.8. The summed E-state index contributed by atoms with van der Waals surface area (Å²) < 4.78 is 0. The number of fused-ring (bicyclic) bond motifs is 1. The Hall–Kier alpha value is -1.81. The second-order valence-corrected chi connectivity index (χ2v) is 5.18. The van der Waals surface area contributed by atoms with Crippen LogP contribution in [-0.2, 0) is 16.1 Å². The average Bonchev–Trinajstić information content (AvgIpc) is 2.66.